The molecule has 2 atom stereocenters. The van der Waals surface area contributed by atoms with E-state index in [0.717, 1.165) is 47.7 Å². The molecule has 4 aromatic rings. The number of likely N-dealkylation sites (N-methyl/N-ethyl adjacent to an activating group) is 1. The Labute approximate surface area is 179 Å². The zero-order valence-electron chi connectivity index (χ0n) is 18.0. The minimum Gasteiger partial charge on any atom is -0.422 e. The van der Waals surface area contributed by atoms with Gasteiger partial charge in [0.15, 0.2) is 5.65 Å². The summed E-state index contributed by atoms with van der Waals surface area (Å²) in [5, 5.41) is 0.904. The van der Waals surface area contributed by atoms with Crippen LogP contribution in [0.25, 0.3) is 27.9 Å². The number of aryl methyl sites for hydroxylation is 2. The molecule has 0 unspecified atom stereocenters. The highest BCUT2D eigenvalue weighted by molar-refractivity contribution is 5.84. The predicted molar refractivity (Wildman–Crippen MR) is 121 cm³/mol. The highest BCUT2D eigenvalue weighted by atomic mass is 16.4. The summed E-state index contributed by atoms with van der Waals surface area (Å²) in [6.07, 6.45) is 5.00. The van der Waals surface area contributed by atoms with Crippen molar-refractivity contribution in [2.45, 2.75) is 39.3 Å². The predicted octanol–water partition coefficient (Wildman–Crippen LogP) is 3.40. The molecule has 1 aromatic carbocycles. The molecule has 2 fully saturated rings. The number of piperazine rings is 1. The fourth-order valence-electron chi connectivity index (χ4n) is 5.34. The third-order valence-corrected chi connectivity index (χ3v) is 6.81. The second-order valence-electron chi connectivity index (χ2n) is 8.78. The molecule has 0 radical (unpaired) electrons. The van der Waals surface area contributed by atoms with Crippen LogP contribution in [0.3, 0.4) is 0 Å². The Morgan fingerprint density at radius 1 is 1.10 bits per heavy atom. The number of rotatable bonds is 3. The Hall–Kier alpha value is -3.19. The van der Waals surface area contributed by atoms with Crippen molar-refractivity contribution in [2.75, 3.05) is 24.5 Å². The Morgan fingerprint density at radius 2 is 1.97 bits per heavy atom. The molecule has 0 N–H and O–H groups in total. The van der Waals surface area contributed by atoms with Gasteiger partial charge in [0.1, 0.15) is 5.58 Å². The second-order valence-corrected chi connectivity index (χ2v) is 8.78. The molecular weight excluding hydrogens is 390 g/mol. The van der Waals surface area contributed by atoms with Crippen molar-refractivity contribution < 1.29 is 4.42 Å². The third kappa shape index (κ3) is 2.87. The van der Waals surface area contributed by atoms with E-state index < -0.39 is 0 Å². The highest BCUT2D eigenvalue weighted by Gasteiger charge is 2.42. The van der Waals surface area contributed by atoms with Crippen LogP contribution in [0.15, 0.2) is 45.9 Å². The molecule has 2 bridgehead atoms. The summed E-state index contributed by atoms with van der Waals surface area (Å²) in [7, 11) is 0. The molecule has 0 spiro atoms. The quantitative estimate of drug-likeness (QED) is 0.478. The number of imidazole rings is 1. The topological polar surface area (TPSA) is 66.9 Å². The lowest BCUT2D eigenvalue weighted by Gasteiger charge is -2.35. The van der Waals surface area contributed by atoms with Gasteiger partial charge >= 0.3 is 5.63 Å². The van der Waals surface area contributed by atoms with E-state index in [1.165, 1.54) is 6.42 Å². The van der Waals surface area contributed by atoms with Crippen LogP contribution < -0.4 is 10.5 Å². The van der Waals surface area contributed by atoms with Gasteiger partial charge in [-0.2, -0.15) is 0 Å². The number of aromatic nitrogens is 3. The van der Waals surface area contributed by atoms with Crippen LogP contribution in [0.4, 0.5) is 5.69 Å². The first-order valence-corrected chi connectivity index (χ1v) is 10.9. The molecule has 2 aliphatic heterocycles. The summed E-state index contributed by atoms with van der Waals surface area (Å²) >= 11 is 0. The van der Waals surface area contributed by atoms with Crippen molar-refractivity contribution in [2.24, 2.45) is 0 Å². The van der Waals surface area contributed by atoms with Crippen LogP contribution in [-0.2, 0) is 0 Å². The maximum Gasteiger partial charge on any atom is 0.345 e. The Balaban J connectivity index is 1.38. The van der Waals surface area contributed by atoms with Gasteiger partial charge in [-0.15, -0.1) is 0 Å². The fraction of sp³-hybridized carbons (Fsp3) is 0.375. The molecule has 6 rings (SSSR count). The number of nitrogens with zero attached hydrogens (tertiary/aromatic N) is 5. The lowest BCUT2D eigenvalue weighted by atomic mass is 10.1. The monoisotopic (exact) mass is 415 g/mol. The summed E-state index contributed by atoms with van der Waals surface area (Å²) in [6.45, 7) is 9.37. The maximum atomic E-state index is 12.9. The molecule has 0 aliphatic carbocycles. The number of hydrogen-bond donors (Lipinski definition) is 0. The van der Waals surface area contributed by atoms with Crippen molar-refractivity contribution in [1.82, 2.24) is 19.3 Å². The van der Waals surface area contributed by atoms with Gasteiger partial charge in [0.25, 0.3) is 0 Å². The zero-order valence-corrected chi connectivity index (χ0v) is 18.0. The first-order chi connectivity index (χ1) is 15.0. The molecule has 31 heavy (non-hydrogen) atoms. The summed E-state index contributed by atoms with van der Waals surface area (Å²) in [6, 6.07) is 9.27. The fourth-order valence-corrected chi connectivity index (χ4v) is 5.34. The van der Waals surface area contributed by atoms with Gasteiger partial charge in [-0.25, -0.2) is 9.78 Å². The van der Waals surface area contributed by atoms with Gasteiger partial charge in [0, 0.05) is 54.7 Å². The van der Waals surface area contributed by atoms with Gasteiger partial charge in [-0.3, -0.25) is 9.88 Å². The summed E-state index contributed by atoms with van der Waals surface area (Å²) < 4.78 is 7.68. The van der Waals surface area contributed by atoms with E-state index in [4.69, 9.17) is 4.42 Å². The summed E-state index contributed by atoms with van der Waals surface area (Å²) in [4.78, 5) is 27.0. The normalized spacial score (nSPS) is 21.1. The van der Waals surface area contributed by atoms with Crippen LogP contribution in [0.2, 0.25) is 0 Å². The van der Waals surface area contributed by atoms with Crippen LogP contribution in [0, 0.1) is 13.8 Å². The van der Waals surface area contributed by atoms with Gasteiger partial charge < -0.3 is 13.7 Å². The van der Waals surface area contributed by atoms with Crippen LogP contribution in [-0.4, -0.2) is 51.0 Å². The van der Waals surface area contributed by atoms with E-state index in [2.05, 4.69) is 32.8 Å². The Kier molecular flexibility index (Phi) is 3.99. The van der Waals surface area contributed by atoms with Crippen molar-refractivity contribution in [3.05, 3.63) is 58.5 Å². The number of anilines is 1. The average molecular weight is 415 g/mol. The van der Waals surface area contributed by atoms with Crippen LogP contribution >= 0.6 is 0 Å². The van der Waals surface area contributed by atoms with E-state index in [1.807, 2.05) is 48.8 Å². The van der Waals surface area contributed by atoms with Crippen molar-refractivity contribution in [3.63, 3.8) is 0 Å². The van der Waals surface area contributed by atoms with Crippen molar-refractivity contribution >= 4 is 22.3 Å². The molecule has 5 heterocycles. The van der Waals surface area contributed by atoms with Crippen molar-refractivity contribution in [1.29, 1.82) is 0 Å². The lowest BCUT2D eigenvalue weighted by molar-refractivity contribution is 0.251. The number of hydrogen-bond acceptors (Lipinski definition) is 6. The minimum absolute atomic E-state index is 0.365. The minimum atomic E-state index is -0.365. The smallest absolute Gasteiger partial charge is 0.345 e. The average Bonchev–Trinajstić information content (AvgIpc) is 3.46. The summed E-state index contributed by atoms with van der Waals surface area (Å²) in [5.74, 6) is 0. The molecule has 0 saturated carbocycles. The van der Waals surface area contributed by atoms with E-state index in [-0.39, 0.29) is 5.63 Å². The Morgan fingerprint density at radius 3 is 2.74 bits per heavy atom. The molecule has 3 aromatic heterocycles. The Bertz CT molecular complexity index is 1390. The van der Waals surface area contributed by atoms with Gasteiger partial charge in [0.2, 0.25) is 0 Å². The third-order valence-electron chi connectivity index (χ3n) is 6.81. The van der Waals surface area contributed by atoms with Crippen LogP contribution in [0.5, 0.6) is 0 Å². The molecule has 0 amide bonds. The van der Waals surface area contributed by atoms with E-state index in [0.29, 0.717) is 28.9 Å². The van der Waals surface area contributed by atoms with Gasteiger partial charge in [-0.05, 0) is 45.0 Å². The first kappa shape index (κ1) is 18.6. The van der Waals surface area contributed by atoms with E-state index in [1.54, 1.807) is 0 Å². The largest absolute Gasteiger partial charge is 0.422 e. The van der Waals surface area contributed by atoms with Gasteiger partial charge in [-0.1, -0.05) is 6.92 Å². The number of fused-ring (bicyclic) bond motifs is 4. The SMILES string of the molecule is CCN1C[C@@H]2C[C@H]1CN2c1ccc2cc(-c3cn4cc(C)nc(C)c4n3)c(=O)oc2c1. The van der Waals surface area contributed by atoms with Crippen LogP contribution in [0.1, 0.15) is 24.7 Å². The van der Waals surface area contributed by atoms with Gasteiger partial charge in [0.05, 0.1) is 22.6 Å². The van der Waals surface area contributed by atoms with Crippen molar-refractivity contribution in [3.8, 4) is 11.3 Å². The standard InChI is InChI=1S/C24H25N5O2/c1-4-27-11-19-8-18(27)12-29(19)17-6-5-16-7-20(24(30)31-22(16)9-17)21-13-28-10-14(2)25-15(3)23(28)26-21/h5-7,9-10,13,18-19H,4,8,11-12H2,1-3H3/t18-,19-/m0/s1. The molecule has 158 valence electrons. The van der Waals surface area contributed by atoms with E-state index in [9.17, 15) is 4.79 Å². The molecular formula is C24H25N5O2. The second kappa shape index (κ2) is 6.65. The molecule has 2 saturated heterocycles. The zero-order chi connectivity index (χ0) is 21.3. The maximum absolute atomic E-state index is 12.9. The first-order valence-electron chi connectivity index (χ1n) is 10.9. The number of benzene rings is 1. The van der Waals surface area contributed by atoms with E-state index >= 15 is 0 Å². The number of likely N-dealkylation sites (tertiary alicyclic amines) is 1. The molecule has 2 aliphatic rings. The molecule has 7 nitrogen and oxygen atoms in total. The lowest BCUT2D eigenvalue weighted by Crippen LogP contribution is -2.46. The highest BCUT2D eigenvalue weighted by Crippen LogP contribution is 2.35. The summed E-state index contributed by atoms with van der Waals surface area (Å²) in [5.41, 5.74) is 4.96. The molecule has 7 heteroatoms.